The highest BCUT2D eigenvalue weighted by Crippen LogP contribution is 2.36. The van der Waals surface area contributed by atoms with Gasteiger partial charge in [-0.25, -0.2) is 4.98 Å². The van der Waals surface area contributed by atoms with Crippen molar-refractivity contribution in [3.05, 3.63) is 9.98 Å². The molecule has 1 saturated carbocycles. The van der Waals surface area contributed by atoms with Crippen molar-refractivity contribution in [3.63, 3.8) is 0 Å². The van der Waals surface area contributed by atoms with Gasteiger partial charge in [-0.15, -0.1) is 11.3 Å². The lowest BCUT2D eigenvalue weighted by molar-refractivity contribution is 0.0944. The minimum Gasteiger partial charge on any atom is -0.396 e. The maximum absolute atomic E-state index is 9.56. The number of hydrogen-bond acceptors (Lipinski definition) is 4. The van der Waals surface area contributed by atoms with Crippen LogP contribution in [0, 0.1) is 5.41 Å². The third kappa shape index (κ3) is 2.96. The number of thiazole rings is 1. The van der Waals surface area contributed by atoms with E-state index in [2.05, 4.69) is 26.2 Å². The summed E-state index contributed by atoms with van der Waals surface area (Å²) < 4.78 is 0.877. The number of halogens is 1. The van der Waals surface area contributed by atoms with E-state index in [1.165, 1.54) is 19.3 Å². The number of hydrogen-bond donors (Lipinski definition) is 2. The number of aliphatic hydroxyl groups is 1. The number of aromatic nitrogens is 1. The van der Waals surface area contributed by atoms with Gasteiger partial charge in [0.25, 0.3) is 0 Å². The SMILES string of the molecule is OCC1(CNc2nc(Br)cs2)CCCCC1. The second kappa shape index (κ2) is 5.47. The van der Waals surface area contributed by atoms with Crippen LogP contribution in [-0.4, -0.2) is 23.2 Å². The Morgan fingerprint density at radius 1 is 1.44 bits per heavy atom. The van der Waals surface area contributed by atoms with Crippen LogP contribution >= 0.6 is 27.3 Å². The van der Waals surface area contributed by atoms with Gasteiger partial charge in [0.1, 0.15) is 4.60 Å². The summed E-state index contributed by atoms with van der Waals surface area (Å²) >= 11 is 4.94. The highest BCUT2D eigenvalue weighted by molar-refractivity contribution is 9.10. The van der Waals surface area contributed by atoms with E-state index in [1.54, 1.807) is 11.3 Å². The molecular formula is C11H17BrN2OS. The van der Waals surface area contributed by atoms with Gasteiger partial charge in [-0.2, -0.15) is 0 Å². The van der Waals surface area contributed by atoms with Crippen LogP contribution in [-0.2, 0) is 0 Å². The Morgan fingerprint density at radius 2 is 2.19 bits per heavy atom. The normalized spacial score (nSPS) is 19.6. The highest BCUT2D eigenvalue weighted by Gasteiger charge is 2.31. The van der Waals surface area contributed by atoms with Crippen molar-refractivity contribution >= 4 is 32.4 Å². The summed E-state index contributed by atoms with van der Waals surface area (Å²) in [4.78, 5) is 4.30. The first kappa shape index (κ1) is 12.3. The topological polar surface area (TPSA) is 45.1 Å². The molecule has 16 heavy (non-hydrogen) atoms. The monoisotopic (exact) mass is 304 g/mol. The zero-order chi connectivity index (χ0) is 11.4. The molecule has 0 aliphatic heterocycles. The Balaban J connectivity index is 1.91. The van der Waals surface area contributed by atoms with Crippen LogP contribution in [0.4, 0.5) is 5.13 Å². The Bertz CT molecular complexity index is 336. The fourth-order valence-corrected chi connectivity index (χ4v) is 3.43. The van der Waals surface area contributed by atoms with Crippen molar-refractivity contribution < 1.29 is 5.11 Å². The lowest BCUT2D eigenvalue weighted by Gasteiger charge is -2.35. The van der Waals surface area contributed by atoms with E-state index >= 15 is 0 Å². The van der Waals surface area contributed by atoms with Crippen molar-refractivity contribution in [2.45, 2.75) is 32.1 Å². The molecule has 2 N–H and O–H groups in total. The third-order valence-corrected chi connectivity index (χ3v) is 4.85. The van der Waals surface area contributed by atoms with Crippen molar-refractivity contribution in [3.8, 4) is 0 Å². The zero-order valence-corrected chi connectivity index (χ0v) is 11.6. The number of anilines is 1. The molecule has 1 aromatic rings. The molecule has 0 unspecified atom stereocenters. The lowest BCUT2D eigenvalue weighted by atomic mass is 9.74. The molecule has 1 aromatic heterocycles. The fourth-order valence-electron chi connectivity index (χ4n) is 2.29. The largest absolute Gasteiger partial charge is 0.396 e. The zero-order valence-electron chi connectivity index (χ0n) is 9.21. The predicted molar refractivity (Wildman–Crippen MR) is 70.9 cm³/mol. The molecule has 0 radical (unpaired) electrons. The molecule has 5 heteroatoms. The molecule has 3 nitrogen and oxygen atoms in total. The van der Waals surface area contributed by atoms with E-state index < -0.39 is 0 Å². The first-order valence-corrected chi connectivity index (χ1v) is 7.37. The quantitative estimate of drug-likeness (QED) is 0.897. The molecule has 1 aliphatic carbocycles. The summed E-state index contributed by atoms with van der Waals surface area (Å²) in [5.41, 5.74) is 0.0798. The van der Waals surface area contributed by atoms with Gasteiger partial charge in [0.05, 0.1) is 6.61 Å². The van der Waals surface area contributed by atoms with Gasteiger partial charge >= 0.3 is 0 Å². The standard InChI is InChI=1S/C11H17BrN2OS/c12-9-6-16-10(14-9)13-7-11(8-15)4-2-1-3-5-11/h6,15H,1-5,7-8H2,(H,13,14). The van der Waals surface area contributed by atoms with E-state index in [0.717, 1.165) is 29.1 Å². The highest BCUT2D eigenvalue weighted by atomic mass is 79.9. The summed E-state index contributed by atoms with van der Waals surface area (Å²) in [5.74, 6) is 0. The predicted octanol–water partition coefficient (Wildman–Crippen LogP) is 3.26. The number of nitrogens with zero attached hydrogens (tertiary/aromatic N) is 1. The molecule has 0 atom stereocenters. The molecule has 0 saturated heterocycles. The molecule has 90 valence electrons. The van der Waals surface area contributed by atoms with Crippen LogP contribution in [0.2, 0.25) is 0 Å². The second-order valence-corrected chi connectivity index (χ2v) is 6.22. The summed E-state index contributed by atoms with van der Waals surface area (Å²) in [6, 6.07) is 0. The van der Waals surface area contributed by atoms with Crippen LogP contribution in [0.25, 0.3) is 0 Å². The molecule has 1 aliphatic rings. The molecule has 1 heterocycles. The summed E-state index contributed by atoms with van der Waals surface area (Å²) in [5, 5.41) is 15.8. The van der Waals surface area contributed by atoms with Crippen molar-refractivity contribution in [2.24, 2.45) is 5.41 Å². The van der Waals surface area contributed by atoms with Crippen LogP contribution in [0.1, 0.15) is 32.1 Å². The Hall–Kier alpha value is -0.130. The second-order valence-electron chi connectivity index (χ2n) is 4.55. The molecule has 0 bridgehead atoms. The van der Waals surface area contributed by atoms with Crippen LogP contribution < -0.4 is 5.32 Å². The first-order chi connectivity index (χ1) is 7.74. The molecule has 2 rings (SSSR count). The summed E-state index contributed by atoms with van der Waals surface area (Å²) in [6.45, 7) is 1.12. The van der Waals surface area contributed by atoms with Gasteiger partial charge in [0.2, 0.25) is 0 Å². The molecule has 0 amide bonds. The Labute approximate surface area is 108 Å². The van der Waals surface area contributed by atoms with E-state index in [1.807, 2.05) is 5.38 Å². The molecule has 0 spiro atoms. The number of rotatable bonds is 4. The van der Waals surface area contributed by atoms with E-state index in [4.69, 9.17) is 0 Å². The van der Waals surface area contributed by atoms with Gasteiger partial charge < -0.3 is 10.4 Å². The average Bonchev–Trinajstić information content (AvgIpc) is 2.74. The van der Waals surface area contributed by atoms with Crippen LogP contribution in [0.3, 0.4) is 0 Å². The molecule has 0 aromatic carbocycles. The Kier molecular flexibility index (Phi) is 4.21. The van der Waals surface area contributed by atoms with Crippen molar-refractivity contribution in [1.29, 1.82) is 0 Å². The number of nitrogens with one attached hydrogen (secondary N) is 1. The van der Waals surface area contributed by atoms with Gasteiger partial charge in [-0.05, 0) is 28.8 Å². The fraction of sp³-hybridized carbons (Fsp3) is 0.727. The Morgan fingerprint density at radius 3 is 2.75 bits per heavy atom. The third-order valence-electron chi connectivity index (χ3n) is 3.34. The van der Waals surface area contributed by atoms with Crippen LogP contribution in [0.5, 0.6) is 0 Å². The average molecular weight is 305 g/mol. The number of aliphatic hydroxyl groups excluding tert-OH is 1. The van der Waals surface area contributed by atoms with Crippen molar-refractivity contribution in [2.75, 3.05) is 18.5 Å². The maximum Gasteiger partial charge on any atom is 0.183 e. The smallest absolute Gasteiger partial charge is 0.183 e. The maximum atomic E-state index is 9.56. The molecule has 1 fully saturated rings. The van der Waals surface area contributed by atoms with Gasteiger partial charge in [-0.1, -0.05) is 19.3 Å². The van der Waals surface area contributed by atoms with E-state index in [-0.39, 0.29) is 12.0 Å². The summed E-state index contributed by atoms with van der Waals surface area (Å²) in [7, 11) is 0. The van der Waals surface area contributed by atoms with Gasteiger partial charge in [0.15, 0.2) is 5.13 Å². The van der Waals surface area contributed by atoms with Gasteiger partial charge in [0, 0.05) is 17.3 Å². The first-order valence-electron chi connectivity index (χ1n) is 5.70. The van der Waals surface area contributed by atoms with E-state index in [9.17, 15) is 5.11 Å². The van der Waals surface area contributed by atoms with E-state index in [0.29, 0.717) is 0 Å². The minimum absolute atomic E-state index is 0.0798. The lowest BCUT2D eigenvalue weighted by Crippen LogP contribution is -2.35. The minimum atomic E-state index is 0.0798. The van der Waals surface area contributed by atoms with Gasteiger partial charge in [-0.3, -0.25) is 0 Å². The van der Waals surface area contributed by atoms with Crippen molar-refractivity contribution in [1.82, 2.24) is 4.98 Å². The van der Waals surface area contributed by atoms with Crippen LogP contribution in [0.15, 0.2) is 9.98 Å². The molecular weight excluding hydrogens is 288 g/mol. The summed E-state index contributed by atoms with van der Waals surface area (Å²) in [6.07, 6.45) is 6.05.